The summed E-state index contributed by atoms with van der Waals surface area (Å²) in [5, 5.41) is 12.0. The third-order valence-corrected chi connectivity index (χ3v) is 16.7. The number of carbonyl (C=O) groups excluding carboxylic acids is 9. The Bertz CT molecular complexity index is 3330. The molecule has 2 fully saturated rings. The van der Waals surface area contributed by atoms with Crippen LogP contribution in [-0.4, -0.2) is 180 Å². The molecule has 4 aliphatic rings. The maximum absolute atomic E-state index is 14.5. The molecule has 1 aliphatic carbocycles. The first-order valence-electron chi connectivity index (χ1n) is 29.6. The molecule has 0 saturated carbocycles. The molecule has 2 aromatic rings. The van der Waals surface area contributed by atoms with Crippen molar-refractivity contribution >= 4 is 87.6 Å². The summed E-state index contributed by atoms with van der Waals surface area (Å²) in [6.45, 7) is 12.7. The summed E-state index contributed by atoms with van der Waals surface area (Å²) >= 11 is 0. The fourth-order valence-electron chi connectivity index (χ4n) is 10.4. The first-order valence-corrected chi connectivity index (χ1v) is 33.0. The number of hydrogen-bond donors (Lipinski definition) is 6. The molecule has 2 aromatic carbocycles. The van der Waals surface area contributed by atoms with Crippen molar-refractivity contribution in [1.29, 1.82) is 0 Å². The van der Waals surface area contributed by atoms with Crippen molar-refractivity contribution in [3.8, 4) is 22.5 Å². The van der Waals surface area contributed by atoms with Gasteiger partial charge in [0.1, 0.15) is 36.5 Å². The summed E-state index contributed by atoms with van der Waals surface area (Å²) in [6.07, 6.45) is -0.665. The van der Waals surface area contributed by atoms with Gasteiger partial charge in [-0.1, -0.05) is 18.2 Å². The lowest BCUT2D eigenvalue weighted by Crippen LogP contribution is -2.50. The normalized spacial score (nSPS) is 14.4. The number of anilines is 1. The number of piperazine rings is 1. The Morgan fingerprint density at radius 3 is 1.91 bits per heavy atom. The third kappa shape index (κ3) is 20.2. The average molecular weight is 1250 g/mol. The summed E-state index contributed by atoms with van der Waals surface area (Å²) in [4.78, 5) is 144. The van der Waals surface area contributed by atoms with Gasteiger partial charge < -0.3 is 59.6 Å². The van der Waals surface area contributed by atoms with Crippen molar-refractivity contribution in [1.82, 2.24) is 40.7 Å². The van der Waals surface area contributed by atoms with Gasteiger partial charge in [0.15, 0.2) is 0 Å². The van der Waals surface area contributed by atoms with Crippen molar-refractivity contribution in [3.05, 3.63) is 71.6 Å². The minimum atomic E-state index is -5.01. The van der Waals surface area contributed by atoms with Crippen molar-refractivity contribution in [2.75, 3.05) is 82.3 Å². The molecule has 28 heteroatoms. The fraction of sp³-hybridized carbons (Fsp3) is 0.525. The predicted octanol–water partition coefficient (Wildman–Crippen LogP) is 2.97. The van der Waals surface area contributed by atoms with Crippen molar-refractivity contribution in [2.45, 2.75) is 123 Å². The predicted molar refractivity (Wildman–Crippen MR) is 320 cm³/mol. The first kappa shape index (κ1) is 68.5. The van der Waals surface area contributed by atoms with Gasteiger partial charge in [0.25, 0.3) is 17.7 Å². The molecular formula is C59H80N9O17PS. The van der Waals surface area contributed by atoms with Crippen LogP contribution in [0.15, 0.2) is 65.1 Å². The summed E-state index contributed by atoms with van der Waals surface area (Å²) in [5.41, 5.74) is 4.73. The minimum Gasteiger partial charge on any atom is -0.748 e. The molecule has 3 aliphatic heterocycles. The smallest absolute Gasteiger partial charge is 0.333 e. The molecular weight excluding hydrogens is 1170 g/mol. The number of fused-ring (bicyclic) bond motifs is 2. The second-order valence-corrected chi connectivity index (χ2v) is 24.5. The molecule has 2 unspecified atom stereocenters. The van der Waals surface area contributed by atoms with Gasteiger partial charge in [-0.15, -0.1) is 5.06 Å². The Balaban J connectivity index is 0.939. The van der Waals surface area contributed by atoms with E-state index in [1.807, 2.05) is 24.3 Å². The molecule has 26 nitrogen and oxygen atoms in total. The SMILES string of the molecule is CCN(CC)c1ccc2c(-c3ccccc3C(=O)N3CCN(C(=O)CCCCC(=O)NC(CS(=O)(=O)[O-])C(=O)NCCCCC(=O)NC(CCP(=O)(O)O)C(=O)NCCCCC(=O)ON4C(=O)CCC4=O)CC3)c3ccc(=[N+](CC)CC)cc-3oc2c1. The summed E-state index contributed by atoms with van der Waals surface area (Å²) in [5.74, 6) is -6.13. The fourth-order valence-corrected chi connectivity index (χ4v) is 11.7. The van der Waals surface area contributed by atoms with E-state index in [2.05, 4.69) is 94.8 Å². The van der Waals surface area contributed by atoms with Crippen LogP contribution >= 0.6 is 7.60 Å². The van der Waals surface area contributed by atoms with E-state index in [0.29, 0.717) is 22.0 Å². The molecule has 87 heavy (non-hydrogen) atoms. The monoisotopic (exact) mass is 1250 g/mol. The molecule has 3 heterocycles. The second-order valence-electron chi connectivity index (χ2n) is 21.3. The van der Waals surface area contributed by atoms with Crippen LogP contribution < -0.4 is 36.1 Å². The van der Waals surface area contributed by atoms with Gasteiger partial charge in [0, 0.05) is 131 Å². The Kier molecular flexibility index (Phi) is 25.5. The summed E-state index contributed by atoms with van der Waals surface area (Å²) < 4.78 is 55.8. The Hall–Kier alpha value is -7.58. The van der Waals surface area contributed by atoms with E-state index in [4.69, 9.17) is 9.25 Å². The zero-order valence-corrected chi connectivity index (χ0v) is 51.4. The van der Waals surface area contributed by atoms with E-state index in [-0.39, 0.29) is 128 Å². The van der Waals surface area contributed by atoms with E-state index >= 15 is 0 Å². The van der Waals surface area contributed by atoms with E-state index in [9.17, 15) is 70.5 Å². The first-order chi connectivity index (χ1) is 41.4. The number of nitrogens with zero attached hydrogens (tertiary/aromatic N) is 5. The molecule has 0 spiro atoms. The highest BCUT2D eigenvalue weighted by Gasteiger charge is 2.34. The quantitative estimate of drug-likeness (QED) is 0.0102. The molecule has 474 valence electrons. The van der Waals surface area contributed by atoms with Crippen LogP contribution in [0.2, 0.25) is 0 Å². The number of carbonyl (C=O) groups is 9. The molecule has 0 aromatic heterocycles. The van der Waals surface area contributed by atoms with Crippen molar-refractivity contribution < 1.29 is 79.7 Å². The summed E-state index contributed by atoms with van der Waals surface area (Å²) in [6, 6.07) is 16.8. The van der Waals surface area contributed by atoms with E-state index in [1.54, 1.807) is 9.80 Å². The second kappa shape index (κ2) is 32.4. The average Bonchev–Trinajstić information content (AvgIpc) is 1.22. The van der Waals surface area contributed by atoms with Gasteiger partial charge in [0.2, 0.25) is 34.9 Å². The maximum atomic E-state index is 14.5. The van der Waals surface area contributed by atoms with Gasteiger partial charge >= 0.3 is 13.6 Å². The summed E-state index contributed by atoms with van der Waals surface area (Å²) in [7, 11) is -9.59. The molecule has 0 bridgehead atoms. The van der Waals surface area contributed by atoms with Gasteiger partial charge in [-0.3, -0.25) is 42.9 Å². The highest BCUT2D eigenvalue weighted by Crippen LogP contribution is 2.42. The molecule has 6 rings (SSSR count). The zero-order chi connectivity index (χ0) is 63.4. The van der Waals surface area contributed by atoms with Crippen LogP contribution in [0, 0.1) is 0 Å². The van der Waals surface area contributed by atoms with Crippen LogP contribution in [0.1, 0.15) is 122 Å². The van der Waals surface area contributed by atoms with Gasteiger partial charge in [0.05, 0.1) is 28.1 Å². The molecule has 0 radical (unpaired) electrons. The Morgan fingerprint density at radius 1 is 0.724 bits per heavy atom. The topological polar surface area (TPSA) is 355 Å². The lowest BCUT2D eigenvalue weighted by molar-refractivity contribution is -0.197. The maximum Gasteiger partial charge on any atom is 0.333 e. The number of amides is 8. The van der Waals surface area contributed by atoms with Crippen molar-refractivity contribution in [2.24, 2.45) is 0 Å². The van der Waals surface area contributed by atoms with Gasteiger partial charge in [-0.05, 0) is 102 Å². The van der Waals surface area contributed by atoms with Crippen LogP contribution in [-0.2, 0) is 57.9 Å². The van der Waals surface area contributed by atoms with Crippen LogP contribution in [0.3, 0.4) is 0 Å². The zero-order valence-electron chi connectivity index (χ0n) is 49.7. The number of nitrogens with one attached hydrogen (secondary N) is 4. The van der Waals surface area contributed by atoms with Gasteiger partial charge in [-0.2, -0.15) is 0 Å². The number of hydrogen-bond acceptors (Lipinski definition) is 16. The van der Waals surface area contributed by atoms with Crippen LogP contribution in [0.5, 0.6) is 0 Å². The van der Waals surface area contributed by atoms with Crippen LogP contribution in [0.4, 0.5) is 5.69 Å². The Labute approximate surface area is 505 Å². The van der Waals surface area contributed by atoms with E-state index in [1.165, 1.54) is 0 Å². The minimum absolute atomic E-state index is 0.00295. The standard InChI is InChI=1S/C59H80N9O17PS/c1-5-64(6-2)40-23-25-44-48(37-40)84-49-38-41(65(7-3)8-4)24-26-45(49)56(44)42-17-9-10-18-43(42)59(77)67-34-32-66(33-35-67)52(71)21-12-11-19-51(70)63-47(39-87(81,82)83)58(76)61-30-15-13-20-50(69)62-46(29-36-86(78,79)80)57(75)60-31-16-14-22-55(74)85-68-53(72)27-28-54(68)73/h9-10,17-18,23-26,37-38,46-47H,5-8,11-16,19-22,27-36,39H2,1-4H3,(H6-,60,61,62,63,69,70,75,76,78,79,80,81,82,83). The molecule has 2 atom stereocenters. The number of rotatable bonds is 32. The third-order valence-electron chi connectivity index (χ3n) is 15.2. The number of hydroxylamine groups is 2. The molecule has 8 amide bonds. The number of benzene rings is 3. The molecule has 2 saturated heterocycles. The highest BCUT2D eigenvalue weighted by molar-refractivity contribution is 7.85. The van der Waals surface area contributed by atoms with Crippen LogP contribution in [0.25, 0.3) is 33.4 Å². The lowest BCUT2D eigenvalue weighted by Gasteiger charge is -2.35. The number of unbranched alkanes of at least 4 members (excludes halogenated alkanes) is 3. The number of imide groups is 1. The van der Waals surface area contributed by atoms with Crippen molar-refractivity contribution in [3.63, 3.8) is 0 Å². The van der Waals surface area contributed by atoms with E-state index in [0.717, 1.165) is 59.3 Å². The Morgan fingerprint density at radius 2 is 1.30 bits per heavy atom. The van der Waals surface area contributed by atoms with E-state index < -0.39 is 89.5 Å². The largest absolute Gasteiger partial charge is 0.748 e. The van der Waals surface area contributed by atoms with Gasteiger partial charge in [-0.25, -0.2) is 17.8 Å². The molecule has 6 N–H and O–H groups in total. The highest BCUT2D eigenvalue weighted by atomic mass is 32.2. The lowest BCUT2D eigenvalue weighted by atomic mass is 9.90.